The molecule has 0 N–H and O–H groups in total. The van der Waals surface area contributed by atoms with Crippen LogP contribution in [0.5, 0.6) is 0 Å². The van der Waals surface area contributed by atoms with Crippen LogP contribution in [0.25, 0.3) is 0 Å². The minimum Gasteiger partial charge on any atom is -0.410 e. The van der Waals surface area contributed by atoms with Crippen molar-refractivity contribution >= 4 is 14.2 Å². The summed E-state index contributed by atoms with van der Waals surface area (Å²) in [5.74, 6) is 0. The van der Waals surface area contributed by atoms with Gasteiger partial charge in [-0.1, -0.05) is 13.8 Å². The van der Waals surface area contributed by atoms with E-state index in [1.54, 1.807) is 0 Å². The van der Waals surface area contributed by atoms with E-state index in [-0.39, 0.29) is 19.7 Å². The van der Waals surface area contributed by atoms with Crippen molar-refractivity contribution in [3.05, 3.63) is 0 Å². The van der Waals surface area contributed by atoms with Crippen molar-refractivity contribution in [1.82, 2.24) is 0 Å². The SMILES string of the molecule is CCB1OCC2(CO1)COB(CC)OC2. The topological polar surface area (TPSA) is 36.9 Å². The van der Waals surface area contributed by atoms with Crippen LogP contribution < -0.4 is 0 Å². The van der Waals surface area contributed by atoms with E-state index in [0.29, 0.717) is 26.4 Å². The van der Waals surface area contributed by atoms with Crippen molar-refractivity contribution in [2.45, 2.75) is 26.5 Å². The second kappa shape index (κ2) is 4.87. The van der Waals surface area contributed by atoms with Gasteiger partial charge in [-0.15, -0.1) is 0 Å². The number of hydrogen-bond donors (Lipinski definition) is 0. The molecule has 6 heteroatoms. The van der Waals surface area contributed by atoms with Gasteiger partial charge in [-0.25, -0.2) is 0 Å². The van der Waals surface area contributed by atoms with E-state index in [1.165, 1.54) is 0 Å². The zero-order valence-corrected chi connectivity index (χ0v) is 9.53. The highest BCUT2D eigenvalue weighted by atomic mass is 16.6. The lowest BCUT2D eigenvalue weighted by Crippen LogP contribution is -2.54. The predicted octanol–water partition coefficient (Wildman–Crippen LogP) is 1.08. The van der Waals surface area contributed by atoms with Crippen LogP contribution in [0.2, 0.25) is 12.6 Å². The Labute approximate surface area is 91.9 Å². The van der Waals surface area contributed by atoms with Crippen LogP contribution in [0.15, 0.2) is 0 Å². The maximum absolute atomic E-state index is 5.61. The molecule has 2 saturated heterocycles. The molecule has 84 valence electrons. The molecule has 4 nitrogen and oxygen atoms in total. The molecule has 0 radical (unpaired) electrons. The highest BCUT2D eigenvalue weighted by molar-refractivity contribution is 6.45. The zero-order valence-electron chi connectivity index (χ0n) is 9.53. The van der Waals surface area contributed by atoms with E-state index >= 15 is 0 Å². The Morgan fingerprint density at radius 2 is 1.13 bits per heavy atom. The Bertz CT molecular complexity index is 173. The van der Waals surface area contributed by atoms with E-state index < -0.39 is 0 Å². The maximum atomic E-state index is 5.61. The molecule has 0 saturated carbocycles. The fraction of sp³-hybridized carbons (Fsp3) is 1.00. The Morgan fingerprint density at radius 3 is 1.40 bits per heavy atom. The molecule has 0 bridgehead atoms. The molecule has 15 heavy (non-hydrogen) atoms. The van der Waals surface area contributed by atoms with Crippen molar-refractivity contribution in [1.29, 1.82) is 0 Å². The first kappa shape index (κ1) is 11.5. The van der Waals surface area contributed by atoms with Crippen LogP contribution in [-0.4, -0.2) is 40.7 Å². The summed E-state index contributed by atoms with van der Waals surface area (Å²) in [6, 6.07) is 0. The monoisotopic (exact) mass is 212 g/mol. The highest BCUT2D eigenvalue weighted by Gasteiger charge is 2.43. The zero-order chi connectivity index (χ0) is 10.7. The number of hydrogen-bond acceptors (Lipinski definition) is 4. The molecule has 2 fully saturated rings. The van der Waals surface area contributed by atoms with E-state index in [4.69, 9.17) is 18.6 Å². The fourth-order valence-corrected chi connectivity index (χ4v) is 1.90. The van der Waals surface area contributed by atoms with Gasteiger partial charge in [0.25, 0.3) is 0 Å². The minimum atomic E-state index is -0.0721. The van der Waals surface area contributed by atoms with Gasteiger partial charge in [0.1, 0.15) is 0 Å². The van der Waals surface area contributed by atoms with Crippen molar-refractivity contribution in [3.8, 4) is 0 Å². The van der Waals surface area contributed by atoms with Crippen molar-refractivity contribution in [2.24, 2.45) is 5.41 Å². The van der Waals surface area contributed by atoms with Crippen molar-refractivity contribution < 1.29 is 18.6 Å². The van der Waals surface area contributed by atoms with Crippen molar-refractivity contribution in [3.63, 3.8) is 0 Å². The Morgan fingerprint density at radius 1 is 0.800 bits per heavy atom. The fourth-order valence-electron chi connectivity index (χ4n) is 1.90. The molecule has 2 aliphatic heterocycles. The van der Waals surface area contributed by atoms with Gasteiger partial charge in [0.2, 0.25) is 0 Å². The molecule has 0 atom stereocenters. The molecule has 0 aromatic carbocycles. The maximum Gasteiger partial charge on any atom is 0.456 e. The van der Waals surface area contributed by atoms with E-state index in [9.17, 15) is 0 Å². The van der Waals surface area contributed by atoms with E-state index in [0.717, 1.165) is 12.6 Å². The Hall–Kier alpha value is -0.0301. The third-order valence-electron chi connectivity index (χ3n) is 2.97. The second-order valence-electron chi connectivity index (χ2n) is 4.42. The van der Waals surface area contributed by atoms with E-state index in [2.05, 4.69) is 13.8 Å². The Kier molecular flexibility index (Phi) is 3.72. The van der Waals surface area contributed by atoms with Crippen LogP contribution in [0, 0.1) is 5.41 Å². The molecule has 0 amide bonds. The first-order valence-corrected chi connectivity index (χ1v) is 5.74. The molecule has 0 aromatic rings. The Balaban J connectivity index is 1.83. The van der Waals surface area contributed by atoms with Gasteiger partial charge < -0.3 is 18.6 Å². The predicted molar refractivity (Wildman–Crippen MR) is 58.7 cm³/mol. The average molecular weight is 212 g/mol. The van der Waals surface area contributed by atoms with Gasteiger partial charge in [-0.3, -0.25) is 0 Å². The summed E-state index contributed by atoms with van der Waals surface area (Å²) >= 11 is 0. The summed E-state index contributed by atoms with van der Waals surface area (Å²) in [5, 5.41) is 0. The average Bonchev–Trinajstić information content (AvgIpc) is 2.31. The second-order valence-corrected chi connectivity index (χ2v) is 4.42. The summed E-state index contributed by atoms with van der Waals surface area (Å²) < 4.78 is 22.4. The largest absolute Gasteiger partial charge is 0.456 e. The summed E-state index contributed by atoms with van der Waals surface area (Å²) in [6.45, 7) is 6.85. The third kappa shape index (κ3) is 2.56. The lowest BCUT2D eigenvalue weighted by molar-refractivity contribution is -0.0833. The lowest BCUT2D eigenvalue weighted by Gasteiger charge is -2.42. The molecule has 2 aliphatic rings. The standard InChI is InChI=1S/C9H18B2O4/c1-3-10-12-5-9(6-13-10)7-14-11(4-2)15-8-9/h3-8H2,1-2H3. The van der Waals surface area contributed by atoms with Gasteiger partial charge >= 0.3 is 14.2 Å². The van der Waals surface area contributed by atoms with Crippen LogP contribution in [0.3, 0.4) is 0 Å². The molecule has 2 heterocycles. The van der Waals surface area contributed by atoms with Gasteiger partial charge in [0.05, 0.1) is 5.41 Å². The minimum absolute atomic E-state index is 0.0421. The van der Waals surface area contributed by atoms with Crippen LogP contribution in [0.1, 0.15) is 13.8 Å². The summed E-state index contributed by atoms with van der Waals surface area (Å²) in [6.07, 6.45) is 1.80. The molecule has 2 rings (SSSR count). The molecular weight excluding hydrogens is 194 g/mol. The molecule has 1 spiro atoms. The van der Waals surface area contributed by atoms with Crippen LogP contribution >= 0.6 is 0 Å². The van der Waals surface area contributed by atoms with Crippen LogP contribution in [0.4, 0.5) is 0 Å². The third-order valence-corrected chi connectivity index (χ3v) is 2.97. The first-order valence-electron chi connectivity index (χ1n) is 5.74. The summed E-state index contributed by atoms with van der Waals surface area (Å²) in [4.78, 5) is 0. The van der Waals surface area contributed by atoms with Crippen molar-refractivity contribution in [2.75, 3.05) is 26.4 Å². The smallest absolute Gasteiger partial charge is 0.410 e. The summed E-state index contributed by atoms with van der Waals surface area (Å²) in [5.41, 5.74) is -0.0721. The van der Waals surface area contributed by atoms with Gasteiger partial charge in [-0.2, -0.15) is 0 Å². The van der Waals surface area contributed by atoms with Gasteiger partial charge in [-0.05, 0) is 12.6 Å². The van der Waals surface area contributed by atoms with Gasteiger partial charge in [0, 0.05) is 26.4 Å². The van der Waals surface area contributed by atoms with E-state index in [1.807, 2.05) is 0 Å². The lowest BCUT2D eigenvalue weighted by atomic mass is 9.77. The number of rotatable bonds is 2. The molecule has 0 unspecified atom stereocenters. The van der Waals surface area contributed by atoms with Crippen LogP contribution in [-0.2, 0) is 18.6 Å². The summed E-state index contributed by atoms with van der Waals surface area (Å²) in [7, 11) is -0.0842. The highest BCUT2D eigenvalue weighted by Crippen LogP contribution is 2.29. The quantitative estimate of drug-likeness (QED) is 0.641. The molecule has 0 aromatic heterocycles. The molecule has 0 aliphatic carbocycles. The molecular formula is C9H18B2O4. The van der Waals surface area contributed by atoms with Gasteiger partial charge in [0.15, 0.2) is 0 Å². The normalized spacial score (nSPS) is 26.0. The first-order chi connectivity index (χ1) is 7.28.